The molecule has 19 nitrogen and oxygen atoms in total. The third kappa shape index (κ3) is 9.31. The van der Waals surface area contributed by atoms with Crippen molar-refractivity contribution in [3.05, 3.63) is 76.0 Å². The second kappa shape index (κ2) is 19.7. The van der Waals surface area contributed by atoms with Gasteiger partial charge in [-0.05, 0) is 42.8 Å². The molecule has 0 bridgehead atoms. The van der Waals surface area contributed by atoms with Gasteiger partial charge >= 0.3 is 12.2 Å². The highest BCUT2D eigenvalue weighted by Crippen LogP contribution is 2.53. The molecule has 5 aliphatic rings. The third-order valence-corrected chi connectivity index (χ3v) is 15.3. The number of ether oxygens (including phenoxy) is 7. The Balaban J connectivity index is 0.968. The van der Waals surface area contributed by atoms with E-state index in [4.69, 9.17) is 33.2 Å². The zero-order chi connectivity index (χ0) is 47.0. The standard InChI is InChI=1S/C45H52N4O15S2/c1-23(65-66-31-11-6-7-12-46-31)20-60-43(55)47(3)13-14-48(4)44(56)61-21-30(50)45(57)18-26-35(29(19-45)63-33-17-27-42(24(2)62-33)64-32-22-59-16-15-49(27)32)41(54)37-36(39(26)52)38(51)25-9-8-10-28(58-5)34(25)40(37)53/h6-12,23-24,27,29,32-33,42,52,54,57H,13-22H2,1-5H3/t23?,24-,27-,29-,32+,33-,42+,45-/m0/s1. The van der Waals surface area contributed by atoms with Crippen LogP contribution >= 0.6 is 21.6 Å². The summed E-state index contributed by atoms with van der Waals surface area (Å²) in [5.41, 5.74) is -3.85. The number of pyridine rings is 1. The quantitative estimate of drug-likeness (QED) is 0.119. The monoisotopic (exact) mass is 952 g/mol. The lowest BCUT2D eigenvalue weighted by Gasteiger charge is -2.43. The van der Waals surface area contributed by atoms with Gasteiger partial charge in [0.15, 0.2) is 18.7 Å². The van der Waals surface area contributed by atoms with Gasteiger partial charge in [0.2, 0.25) is 11.6 Å². The van der Waals surface area contributed by atoms with Gasteiger partial charge in [-0.15, -0.1) is 0 Å². The number of likely N-dealkylation sites (N-methyl/N-ethyl adjacent to an activating group) is 2. The van der Waals surface area contributed by atoms with Crippen LogP contribution in [0, 0.1) is 0 Å². The highest BCUT2D eigenvalue weighted by Gasteiger charge is 2.53. The zero-order valence-electron chi connectivity index (χ0n) is 37.0. The first kappa shape index (κ1) is 47.5. The summed E-state index contributed by atoms with van der Waals surface area (Å²) in [5, 5.41) is 37.0. The number of rotatable bonds is 14. The molecule has 1 aromatic heterocycles. The van der Waals surface area contributed by atoms with Crippen LogP contribution in [-0.2, 0) is 39.6 Å². The molecule has 3 aliphatic heterocycles. The van der Waals surface area contributed by atoms with Gasteiger partial charge < -0.3 is 58.3 Å². The molecule has 21 heteroatoms. The first-order valence-corrected chi connectivity index (χ1v) is 23.7. The summed E-state index contributed by atoms with van der Waals surface area (Å²) in [4.78, 5) is 77.0. The first-order valence-electron chi connectivity index (χ1n) is 21.5. The van der Waals surface area contributed by atoms with Gasteiger partial charge in [0, 0.05) is 87.2 Å². The molecule has 66 heavy (non-hydrogen) atoms. The molecule has 3 fully saturated rings. The fourth-order valence-electron chi connectivity index (χ4n) is 9.04. The molecule has 8 rings (SSSR count). The lowest BCUT2D eigenvalue weighted by molar-refractivity contribution is -0.247. The molecule has 1 unspecified atom stereocenters. The number of aromatic nitrogens is 1. The van der Waals surface area contributed by atoms with Crippen molar-refractivity contribution >= 4 is 51.1 Å². The molecular weight excluding hydrogens is 901 g/mol. The second-order valence-corrected chi connectivity index (χ2v) is 19.6. The number of morpholine rings is 1. The summed E-state index contributed by atoms with van der Waals surface area (Å²) in [6, 6.07) is 9.84. The third-order valence-electron chi connectivity index (χ3n) is 12.5. The van der Waals surface area contributed by atoms with Crippen molar-refractivity contribution in [1.29, 1.82) is 0 Å². The van der Waals surface area contributed by atoms with Crippen LogP contribution in [0.2, 0.25) is 0 Å². The molecule has 0 spiro atoms. The average Bonchev–Trinajstić information content (AvgIpc) is 3.70. The number of fused-ring (bicyclic) bond motifs is 6. The number of nitrogens with zero attached hydrogens (tertiary/aromatic N) is 4. The molecule has 3 aromatic rings. The first-order chi connectivity index (χ1) is 31.6. The normalized spacial score (nSPS) is 25.9. The minimum Gasteiger partial charge on any atom is -0.507 e. The number of methoxy groups -OCH3 is 1. The van der Waals surface area contributed by atoms with Gasteiger partial charge in [-0.25, -0.2) is 14.6 Å². The number of carbonyl (C=O) groups excluding carboxylic acids is 5. The van der Waals surface area contributed by atoms with Crippen molar-refractivity contribution in [2.75, 3.05) is 67.3 Å². The molecule has 3 N–H and O–H groups in total. The Hall–Kier alpha value is -5.00. The van der Waals surface area contributed by atoms with E-state index in [0.29, 0.717) is 19.8 Å². The van der Waals surface area contributed by atoms with Crippen molar-refractivity contribution < 1.29 is 72.5 Å². The van der Waals surface area contributed by atoms with E-state index in [-0.39, 0.29) is 77.7 Å². The van der Waals surface area contributed by atoms with Crippen molar-refractivity contribution in [2.24, 2.45) is 0 Å². The van der Waals surface area contributed by atoms with Gasteiger partial charge in [-0.3, -0.25) is 19.3 Å². The van der Waals surface area contributed by atoms with Crippen LogP contribution in [0.1, 0.15) is 75.8 Å². The smallest absolute Gasteiger partial charge is 0.409 e. The maximum absolute atomic E-state index is 14.2. The number of benzene rings is 2. The van der Waals surface area contributed by atoms with Crippen LogP contribution in [0.4, 0.5) is 9.59 Å². The molecule has 2 amide bonds. The van der Waals surface area contributed by atoms with E-state index in [1.165, 1.54) is 65.9 Å². The average molecular weight is 953 g/mol. The van der Waals surface area contributed by atoms with Crippen LogP contribution < -0.4 is 4.74 Å². The number of Topliss-reactive ketones (excluding diaryl/α,β-unsaturated/α-hetero) is 1. The summed E-state index contributed by atoms with van der Waals surface area (Å²) in [6.07, 6.45) is -4.16. The molecule has 3 saturated heterocycles. The topological polar surface area (TPSA) is 233 Å². The largest absolute Gasteiger partial charge is 0.507 e. The minimum atomic E-state index is -2.39. The summed E-state index contributed by atoms with van der Waals surface area (Å²) >= 11 is 0. The number of carbonyl (C=O) groups is 5. The van der Waals surface area contributed by atoms with Gasteiger partial charge in [0.1, 0.15) is 46.8 Å². The fourth-order valence-corrected chi connectivity index (χ4v) is 10.9. The second-order valence-electron chi connectivity index (χ2n) is 16.9. The fraction of sp³-hybridized carbons (Fsp3) is 0.511. The lowest BCUT2D eigenvalue weighted by Crippen LogP contribution is -2.53. The Morgan fingerprint density at radius 1 is 0.985 bits per heavy atom. The predicted molar refractivity (Wildman–Crippen MR) is 236 cm³/mol. The zero-order valence-corrected chi connectivity index (χ0v) is 38.6. The summed E-state index contributed by atoms with van der Waals surface area (Å²) in [7, 11) is 7.24. The Morgan fingerprint density at radius 3 is 2.45 bits per heavy atom. The maximum Gasteiger partial charge on any atom is 0.409 e. The highest BCUT2D eigenvalue weighted by molar-refractivity contribution is 8.76. The van der Waals surface area contributed by atoms with Gasteiger partial charge in [-0.1, -0.05) is 29.0 Å². The number of ketones is 3. The molecule has 0 saturated carbocycles. The molecule has 2 aliphatic carbocycles. The van der Waals surface area contributed by atoms with E-state index in [1.807, 2.05) is 32.0 Å². The number of hydrogen-bond donors (Lipinski definition) is 3. The van der Waals surface area contributed by atoms with Crippen molar-refractivity contribution in [1.82, 2.24) is 19.7 Å². The van der Waals surface area contributed by atoms with E-state index in [1.54, 1.807) is 6.20 Å². The Morgan fingerprint density at radius 2 is 1.73 bits per heavy atom. The predicted octanol–water partition coefficient (Wildman–Crippen LogP) is 4.11. The Bertz CT molecular complexity index is 2370. The number of hydrogen-bond acceptors (Lipinski definition) is 19. The molecule has 2 aromatic carbocycles. The lowest BCUT2D eigenvalue weighted by atomic mass is 9.72. The van der Waals surface area contributed by atoms with Crippen molar-refractivity contribution in [2.45, 2.75) is 85.9 Å². The summed E-state index contributed by atoms with van der Waals surface area (Å²) < 4.78 is 40.9. The van der Waals surface area contributed by atoms with E-state index in [2.05, 4.69) is 9.88 Å². The van der Waals surface area contributed by atoms with E-state index < -0.39 is 95.7 Å². The molecule has 0 radical (unpaired) electrons. The molecule has 8 atom stereocenters. The number of amides is 2. The van der Waals surface area contributed by atoms with Crippen molar-refractivity contribution in [3.8, 4) is 17.2 Å². The van der Waals surface area contributed by atoms with Crippen LogP contribution in [0.15, 0.2) is 47.6 Å². The minimum absolute atomic E-state index is 0.00389. The van der Waals surface area contributed by atoms with Gasteiger partial charge in [0.05, 0.1) is 49.2 Å². The summed E-state index contributed by atoms with van der Waals surface area (Å²) in [6.45, 7) is 4.54. The number of phenolic OH excluding ortho intramolecular Hbond substituents is 2. The Labute approximate surface area is 388 Å². The SMILES string of the molecule is COc1cccc2c1C(=O)c1c(O)c3c(c(O)c1C2=O)C[C@@](O)(C(=O)COC(=O)N(C)CCN(C)C(=O)OCC(C)SSc1ccccn1)C[C@@H]3O[C@H]1C[C@H]2[C@H](O[C@@H]3COCCN32)[C@H](C)O1. The summed E-state index contributed by atoms with van der Waals surface area (Å²) in [5.74, 6) is -3.84. The maximum atomic E-state index is 14.2. The number of phenols is 2. The molecule has 354 valence electrons. The molecule has 4 heterocycles. The van der Waals surface area contributed by atoms with E-state index in [0.717, 1.165) is 9.93 Å². The van der Waals surface area contributed by atoms with E-state index >= 15 is 0 Å². The van der Waals surface area contributed by atoms with Gasteiger partial charge in [-0.2, -0.15) is 0 Å². The Kier molecular flexibility index (Phi) is 14.2. The van der Waals surface area contributed by atoms with E-state index in [9.17, 15) is 39.3 Å². The number of aliphatic hydroxyl groups is 1. The number of aromatic hydroxyl groups is 2. The van der Waals surface area contributed by atoms with Crippen LogP contribution in [0.25, 0.3) is 0 Å². The van der Waals surface area contributed by atoms with Crippen LogP contribution in [0.3, 0.4) is 0 Å². The van der Waals surface area contributed by atoms with Crippen LogP contribution in [-0.4, -0.2) is 173 Å². The van der Waals surface area contributed by atoms with Crippen LogP contribution in [0.5, 0.6) is 17.2 Å². The highest BCUT2D eigenvalue weighted by atomic mass is 33.1. The van der Waals surface area contributed by atoms with Crippen molar-refractivity contribution in [3.63, 3.8) is 0 Å². The van der Waals surface area contributed by atoms with Gasteiger partial charge in [0.25, 0.3) is 0 Å². The molecular formula is C45H52N4O15S2.